The lowest BCUT2D eigenvalue weighted by atomic mass is 10.3. The van der Waals surface area contributed by atoms with E-state index >= 15 is 0 Å². The minimum absolute atomic E-state index is 0.0294. The number of carbonyl (C=O) groups is 3. The van der Waals surface area contributed by atoms with Crippen LogP contribution in [0.5, 0.6) is 0 Å². The van der Waals surface area contributed by atoms with Gasteiger partial charge in [-0.25, -0.2) is 4.39 Å². The highest BCUT2D eigenvalue weighted by Crippen LogP contribution is 2.13. The fourth-order valence-corrected chi connectivity index (χ4v) is 2.05. The van der Waals surface area contributed by atoms with Crippen molar-refractivity contribution in [1.82, 2.24) is 5.32 Å². The Labute approximate surface area is 150 Å². The number of benzene rings is 1. The summed E-state index contributed by atoms with van der Waals surface area (Å²) in [7, 11) is 0. The lowest BCUT2D eigenvalue weighted by molar-refractivity contribution is -0.152. The predicted octanol–water partition coefficient (Wildman–Crippen LogP) is 2.48. The van der Waals surface area contributed by atoms with Gasteiger partial charge in [0.2, 0.25) is 0 Å². The van der Waals surface area contributed by atoms with Crippen LogP contribution in [0.15, 0.2) is 45.5 Å². The van der Waals surface area contributed by atoms with E-state index < -0.39 is 36.2 Å². The third-order valence-electron chi connectivity index (χ3n) is 2.98. The number of anilines is 1. The molecule has 2 amide bonds. The standard InChI is InChI=1S/C16H14BrFN2O5/c1-9(15(22)20-11-4-2-10(18)3-5-11)24-14(21)8-19-16(23)12-6-7-13(17)25-12/h2-7,9H,8H2,1H3,(H,19,23)(H,20,22)/t9-/m0/s1. The molecule has 1 heterocycles. The summed E-state index contributed by atoms with van der Waals surface area (Å²) in [6, 6.07) is 8.11. The number of nitrogens with one attached hydrogen (secondary N) is 2. The van der Waals surface area contributed by atoms with Gasteiger partial charge in [-0.15, -0.1) is 0 Å². The van der Waals surface area contributed by atoms with Crippen molar-refractivity contribution >= 4 is 39.4 Å². The minimum Gasteiger partial charge on any atom is -0.451 e. The Morgan fingerprint density at radius 2 is 1.88 bits per heavy atom. The molecule has 132 valence electrons. The van der Waals surface area contributed by atoms with Gasteiger partial charge in [0.25, 0.3) is 11.8 Å². The summed E-state index contributed by atoms with van der Waals surface area (Å²) in [6.07, 6.45) is -1.09. The number of rotatable bonds is 6. The smallest absolute Gasteiger partial charge is 0.326 e. The van der Waals surface area contributed by atoms with Crippen molar-refractivity contribution in [3.63, 3.8) is 0 Å². The lowest BCUT2D eigenvalue weighted by Gasteiger charge is -2.13. The average molecular weight is 413 g/mol. The second-order valence-electron chi connectivity index (χ2n) is 4.91. The molecule has 9 heteroatoms. The molecule has 0 saturated heterocycles. The number of ether oxygens (including phenoxy) is 1. The van der Waals surface area contributed by atoms with Crippen molar-refractivity contribution in [2.45, 2.75) is 13.0 Å². The lowest BCUT2D eigenvalue weighted by Crippen LogP contribution is -2.35. The van der Waals surface area contributed by atoms with Crippen molar-refractivity contribution in [2.24, 2.45) is 0 Å². The molecule has 0 unspecified atom stereocenters. The van der Waals surface area contributed by atoms with Crippen molar-refractivity contribution < 1.29 is 27.9 Å². The van der Waals surface area contributed by atoms with Gasteiger partial charge in [-0.3, -0.25) is 14.4 Å². The number of amides is 2. The van der Waals surface area contributed by atoms with Crippen LogP contribution in [0.25, 0.3) is 0 Å². The Morgan fingerprint density at radius 1 is 1.20 bits per heavy atom. The molecule has 0 aliphatic carbocycles. The first-order valence-electron chi connectivity index (χ1n) is 7.14. The van der Waals surface area contributed by atoms with Crippen LogP contribution in [0.2, 0.25) is 0 Å². The first-order valence-corrected chi connectivity index (χ1v) is 7.94. The van der Waals surface area contributed by atoms with Crippen molar-refractivity contribution in [3.8, 4) is 0 Å². The van der Waals surface area contributed by atoms with Gasteiger partial charge in [-0.1, -0.05) is 0 Å². The maximum absolute atomic E-state index is 12.8. The molecule has 0 aliphatic heterocycles. The predicted molar refractivity (Wildman–Crippen MR) is 89.3 cm³/mol. The first-order chi connectivity index (χ1) is 11.8. The molecule has 1 aromatic carbocycles. The Kier molecular flexibility index (Phi) is 6.29. The third kappa shape index (κ3) is 5.71. The highest BCUT2D eigenvalue weighted by molar-refractivity contribution is 9.10. The monoisotopic (exact) mass is 412 g/mol. The van der Waals surface area contributed by atoms with Crippen LogP contribution in [0, 0.1) is 5.82 Å². The highest BCUT2D eigenvalue weighted by atomic mass is 79.9. The molecule has 0 saturated carbocycles. The second kappa shape index (κ2) is 8.43. The molecule has 1 aromatic heterocycles. The fraction of sp³-hybridized carbons (Fsp3) is 0.188. The van der Waals surface area contributed by atoms with Crippen molar-refractivity contribution in [1.29, 1.82) is 0 Å². The van der Waals surface area contributed by atoms with Crippen LogP contribution in [-0.4, -0.2) is 30.4 Å². The van der Waals surface area contributed by atoms with Gasteiger partial charge in [0.1, 0.15) is 12.4 Å². The van der Waals surface area contributed by atoms with Gasteiger partial charge in [0.05, 0.1) is 0 Å². The molecule has 2 aromatic rings. The Morgan fingerprint density at radius 3 is 2.48 bits per heavy atom. The first kappa shape index (κ1) is 18.7. The zero-order chi connectivity index (χ0) is 18.4. The highest BCUT2D eigenvalue weighted by Gasteiger charge is 2.19. The molecule has 1 atom stereocenters. The third-order valence-corrected chi connectivity index (χ3v) is 3.41. The van der Waals surface area contributed by atoms with Crippen LogP contribution in [0.4, 0.5) is 10.1 Å². The normalized spacial score (nSPS) is 11.5. The fourth-order valence-electron chi connectivity index (χ4n) is 1.75. The van der Waals surface area contributed by atoms with Gasteiger partial charge in [-0.2, -0.15) is 0 Å². The van der Waals surface area contributed by atoms with E-state index in [4.69, 9.17) is 9.15 Å². The van der Waals surface area contributed by atoms with Crippen LogP contribution in [0.3, 0.4) is 0 Å². The number of halogens is 2. The molecule has 25 heavy (non-hydrogen) atoms. The molecule has 2 N–H and O–H groups in total. The van der Waals surface area contributed by atoms with E-state index in [1.165, 1.54) is 43.3 Å². The zero-order valence-corrected chi connectivity index (χ0v) is 14.6. The minimum atomic E-state index is -1.09. The molecule has 0 aliphatic rings. The summed E-state index contributed by atoms with van der Waals surface area (Å²) in [5.41, 5.74) is 0.367. The van der Waals surface area contributed by atoms with Gasteiger partial charge in [0, 0.05) is 5.69 Å². The van der Waals surface area contributed by atoms with E-state index in [1.54, 1.807) is 0 Å². The van der Waals surface area contributed by atoms with Gasteiger partial charge in [0.15, 0.2) is 16.5 Å². The Bertz CT molecular complexity index is 775. The quantitative estimate of drug-likeness (QED) is 0.710. The Balaban J connectivity index is 1.78. The van der Waals surface area contributed by atoms with Crippen LogP contribution < -0.4 is 10.6 Å². The van der Waals surface area contributed by atoms with Gasteiger partial charge in [-0.05, 0) is 59.3 Å². The van der Waals surface area contributed by atoms with E-state index in [2.05, 4.69) is 26.6 Å². The summed E-state index contributed by atoms with van der Waals surface area (Å²) in [5, 5.41) is 4.79. The number of furan rings is 1. The number of carbonyl (C=O) groups excluding carboxylic acids is 3. The Hall–Kier alpha value is -2.68. The maximum Gasteiger partial charge on any atom is 0.326 e. The molecule has 0 bridgehead atoms. The van der Waals surface area contributed by atoms with Crippen molar-refractivity contribution in [2.75, 3.05) is 11.9 Å². The summed E-state index contributed by atoms with van der Waals surface area (Å²) in [5.74, 6) is -2.37. The van der Waals surface area contributed by atoms with E-state index in [1.807, 2.05) is 0 Å². The topological polar surface area (TPSA) is 97.6 Å². The summed E-state index contributed by atoms with van der Waals surface area (Å²) in [4.78, 5) is 35.3. The van der Waals surface area contributed by atoms with E-state index in [-0.39, 0.29) is 5.76 Å². The molecular weight excluding hydrogens is 399 g/mol. The maximum atomic E-state index is 12.8. The van der Waals surface area contributed by atoms with E-state index in [0.29, 0.717) is 10.4 Å². The number of hydrogen-bond donors (Lipinski definition) is 2. The van der Waals surface area contributed by atoms with Crippen LogP contribution >= 0.6 is 15.9 Å². The zero-order valence-electron chi connectivity index (χ0n) is 13.0. The molecule has 0 fully saturated rings. The molecule has 7 nitrogen and oxygen atoms in total. The average Bonchev–Trinajstić information content (AvgIpc) is 3.01. The van der Waals surface area contributed by atoms with Crippen molar-refractivity contribution in [3.05, 3.63) is 52.6 Å². The summed E-state index contributed by atoms with van der Waals surface area (Å²) < 4.78 is 23.1. The summed E-state index contributed by atoms with van der Waals surface area (Å²) in [6.45, 7) is 0.952. The second-order valence-corrected chi connectivity index (χ2v) is 5.70. The number of esters is 1. The van der Waals surface area contributed by atoms with Crippen LogP contribution in [-0.2, 0) is 14.3 Å². The largest absolute Gasteiger partial charge is 0.451 e. The van der Waals surface area contributed by atoms with Crippen LogP contribution in [0.1, 0.15) is 17.5 Å². The molecule has 0 radical (unpaired) electrons. The molecule has 0 spiro atoms. The summed E-state index contributed by atoms with van der Waals surface area (Å²) >= 11 is 3.06. The van der Waals surface area contributed by atoms with E-state index in [9.17, 15) is 18.8 Å². The van der Waals surface area contributed by atoms with Gasteiger partial charge < -0.3 is 19.8 Å². The van der Waals surface area contributed by atoms with Gasteiger partial charge >= 0.3 is 5.97 Å². The SMILES string of the molecule is C[C@H](OC(=O)CNC(=O)c1ccc(Br)o1)C(=O)Nc1ccc(F)cc1. The number of hydrogen-bond acceptors (Lipinski definition) is 5. The molecule has 2 rings (SSSR count). The molecular formula is C16H14BrFN2O5. The van der Waals surface area contributed by atoms with E-state index in [0.717, 1.165) is 0 Å².